The fraction of sp³-hybridized carbons (Fsp3) is 0.455. The van der Waals surface area contributed by atoms with Crippen LogP contribution in [0.5, 0.6) is 5.75 Å². The van der Waals surface area contributed by atoms with Crippen molar-refractivity contribution in [1.82, 2.24) is 9.88 Å². The summed E-state index contributed by atoms with van der Waals surface area (Å²) in [4.78, 5) is 18.1. The van der Waals surface area contributed by atoms with Crippen molar-refractivity contribution in [2.75, 3.05) is 26.7 Å². The number of aromatic nitrogens is 1. The zero-order chi connectivity index (χ0) is 20.1. The highest BCUT2D eigenvalue weighted by Gasteiger charge is 2.34. The number of aliphatic hydroxyl groups excluding tert-OH is 1. The Hall–Kier alpha value is -2.62. The van der Waals surface area contributed by atoms with Gasteiger partial charge in [-0.15, -0.1) is 6.42 Å². The lowest BCUT2D eigenvalue weighted by molar-refractivity contribution is -0.146. The van der Waals surface area contributed by atoms with Crippen molar-refractivity contribution < 1.29 is 19.7 Å². The summed E-state index contributed by atoms with van der Waals surface area (Å²) in [5.41, 5.74) is 1.59. The second-order valence-corrected chi connectivity index (χ2v) is 7.31. The van der Waals surface area contributed by atoms with Crippen LogP contribution in [0, 0.1) is 24.2 Å². The predicted molar refractivity (Wildman–Crippen MR) is 107 cm³/mol. The molecule has 148 valence electrons. The second-order valence-electron chi connectivity index (χ2n) is 7.31. The fourth-order valence-electron chi connectivity index (χ4n) is 4.06. The zero-order valence-electron chi connectivity index (χ0n) is 16.0. The molecule has 2 N–H and O–H groups in total. The first-order valence-corrected chi connectivity index (χ1v) is 9.52. The first-order valence-electron chi connectivity index (χ1n) is 9.52. The number of carbonyl (C=O) groups is 1. The number of piperidine rings is 1. The number of methoxy groups -OCH3 is 1. The van der Waals surface area contributed by atoms with Gasteiger partial charge in [-0.2, -0.15) is 0 Å². The molecule has 0 bridgehead atoms. The van der Waals surface area contributed by atoms with E-state index in [2.05, 4.69) is 10.9 Å². The summed E-state index contributed by atoms with van der Waals surface area (Å²) in [6, 6.07) is 7.40. The van der Waals surface area contributed by atoms with Gasteiger partial charge in [0.25, 0.3) is 0 Å². The number of fused-ring (bicyclic) bond motifs is 1. The van der Waals surface area contributed by atoms with Crippen molar-refractivity contribution in [3.8, 4) is 18.1 Å². The minimum Gasteiger partial charge on any atom is -0.497 e. The van der Waals surface area contributed by atoms with Crippen LogP contribution in [0.2, 0.25) is 0 Å². The largest absolute Gasteiger partial charge is 0.497 e. The van der Waals surface area contributed by atoms with Crippen LogP contribution in [0.15, 0.2) is 30.5 Å². The smallest absolute Gasteiger partial charge is 0.308 e. The summed E-state index contributed by atoms with van der Waals surface area (Å²) in [5, 5.41) is 21.3. The summed E-state index contributed by atoms with van der Waals surface area (Å²) >= 11 is 0. The van der Waals surface area contributed by atoms with E-state index >= 15 is 0 Å². The molecule has 6 heteroatoms. The number of aliphatic carboxylic acids is 1. The van der Waals surface area contributed by atoms with E-state index in [1.807, 2.05) is 29.2 Å². The lowest BCUT2D eigenvalue weighted by Gasteiger charge is -2.36. The van der Waals surface area contributed by atoms with Gasteiger partial charge in [0.2, 0.25) is 0 Å². The van der Waals surface area contributed by atoms with E-state index in [0.29, 0.717) is 31.7 Å². The third-order valence-corrected chi connectivity index (χ3v) is 5.62. The first kappa shape index (κ1) is 20.1. The number of aliphatic hydroxyl groups is 1. The van der Waals surface area contributed by atoms with Gasteiger partial charge >= 0.3 is 5.97 Å². The molecule has 1 fully saturated rings. The Morgan fingerprint density at radius 2 is 2.29 bits per heavy atom. The van der Waals surface area contributed by atoms with Gasteiger partial charge in [0, 0.05) is 18.1 Å². The quantitative estimate of drug-likeness (QED) is 0.717. The molecule has 1 aromatic carbocycles. The molecule has 3 rings (SSSR count). The van der Waals surface area contributed by atoms with Gasteiger partial charge in [-0.1, -0.05) is 5.92 Å². The standard InChI is InChI=1S/C22H26N2O4/c1-3-11-24-12-9-15(19(14-24)22(26)27)4-7-21(25)17-8-10-23-20-6-5-16(28-2)13-18(17)20/h1,5-6,8,10,13,15,19,21,25H,4,7,9,11-12,14H2,2H3,(H,26,27)/t15-,19+,21+/m1/s1. The van der Waals surface area contributed by atoms with Gasteiger partial charge in [-0.3, -0.25) is 14.7 Å². The van der Waals surface area contributed by atoms with Crippen molar-refractivity contribution in [3.63, 3.8) is 0 Å². The molecule has 0 unspecified atom stereocenters. The van der Waals surface area contributed by atoms with Crippen molar-refractivity contribution >= 4 is 16.9 Å². The van der Waals surface area contributed by atoms with E-state index in [-0.39, 0.29) is 5.92 Å². The molecule has 2 aromatic rings. The number of pyridine rings is 1. The van der Waals surface area contributed by atoms with Crippen LogP contribution in [0.1, 0.15) is 30.9 Å². The van der Waals surface area contributed by atoms with E-state index in [9.17, 15) is 15.0 Å². The molecule has 0 saturated carbocycles. The van der Waals surface area contributed by atoms with E-state index in [1.165, 1.54) is 0 Å². The molecular weight excluding hydrogens is 356 g/mol. The van der Waals surface area contributed by atoms with Crippen molar-refractivity contribution in [1.29, 1.82) is 0 Å². The van der Waals surface area contributed by atoms with Crippen molar-refractivity contribution in [2.45, 2.75) is 25.4 Å². The normalized spacial score (nSPS) is 21.2. The van der Waals surface area contributed by atoms with Crippen molar-refractivity contribution in [2.24, 2.45) is 11.8 Å². The number of likely N-dealkylation sites (tertiary alicyclic amines) is 1. The number of hydrogen-bond acceptors (Lipinski definition) is 5. The summed E-state index contributed by atoms with van der Waals surface area (Å²) in [7, 11) is 1.60. The minimum absolute atomic E-state index is 0.0313. The number of nitrogens with zero attached hydrogens (tertiary/aromatic N) is 2. The molecule has 28 heavy (non-hydrogen) atoms. The Bertz CT molecular complexity index is 876. The number of carboxylic acids is 1. The molecular formula is C22H26N2O4. The Labute approximate surface area is 165 Å². The number of benzene rings is 1. The van der Waals surface area contributed by atoms with Gasteiger partial charge in [-0.05, 0) is 61.6 Å². The highest BCUT2D eigenvalue weighted by atomic mass is 16.5. The van der Waals surface area contributed by atoms with Gasteiger partial charge in [0.15, 0.2) is 0 Å². The van der Waals surface area contributed by atoms with E-state index in [0.717, 1.165) is 29.4 Å². The van der Waals surface area contributed by atoms with E-state index in [1.54, 1.807) is 13.3 Å². The predicted octanol–water partition coefficient (Wildman–Crippen LogP) is 2.71. The Morgan fingerprint density at radius 3 is 3.00 bits per heavy atom. The van der Waals surface area contributed by atoms with Crippen molar-refractivity contribution in [3.05, 3.63) is 36.0 Å². The molecule has 1 aromatic heterocycles. The van der Waals surface area contributed by atoms with Crippen LogP contribution in [-0.4, -0.2) is 52.8 Å². The summed E-state index contributed by atoms with van der Waals surface area (Å²) in [5.74, 6) is 2.08. The molecule has 1 aliphatic rings. The average Bonchev–Trinajstić information content (AvgIpc) is 2.71. The Morgan fingerprint density at radius 1 is 1.46 bits per heavy atom. The number of terminal acetylenes is 1. The third kappa shape index (κ3) is 4.44. The number of ether oxygens (including phenoxy) is 1. The molecule has 3 atom stereocenters. The molecule has 0 radical (unpaired) electrons. The third-order valence-electron chi connectivity index (χ3n) is 5.62. The second kappa shape index (κ2) is 9.05. The molecule has 0 amide bonds. The zero-order valence-corrected chi connectivity index (χ0v) is 16.0. The van der Waals surface area contributed by atoms with Crippen LogP contribution in [0.25, 0.3) is 10.9 Å². The monoisotopic (exact) mass is 382 g/mol. The topological polar surface area (TPSA) is 82.9 Å². The molecule has 2 heterocycles. The number of rotatable bonds is 7. The van der Waals surface area contributed by atoms with Gasteiger partial charge in [-0.25, -0.2) is 0 Å². The molecule has 0 spiro atoms. The maximum atomic E-state index is 11.7. The fourth-order valence-corrected chi connectivity index (χ4v) is 4.06. The molecule has 1 saturated heterocycles. The highest BCUT2D eigenvalue weighted by molar-refractivity contribution is 5.83. The van der Waals surface area contributed by atoms with Crippen LogP contribution < -0.4 is 4.74 Å². The van der Waals surface area contributed by atoms with Gasteiger partial charge < -0.3 is 14.9 Å². The molecule has 1 aliphatic heterocycles. The summed E-state index contributed by atoms with van der Waals surface area (Å²) < 4.78 is 5.29. The Balaban J connectivity index is 1.71. The summed E-state index contributed by atoms with van der Waals surface area (Å²) in [6.45, 7) is 1.74. The maximum absolute atomic E-state index is 11.7. The lowest BCUT2D eigenvalue weighted by atomic mass is 9.81. The van der Waals surface area contributed by atoms with Crippen LogP contribution in [-0.2, 0) is 4.79 Å². The first-order chi connectivity index (χ1) is 13.5. The van der Waals surface area contributed by atoms with E-state index in [4.69, 9.17) is 11.2 Å². The number of hydrogen-bond donors (Lipinski definition) is 2. The lowest BCUT2D eigenvalue weighted by Crippen LogP contribution is -2.44. The van der Waals surface area contributed by atoms with Crippen LogP contribution >= 0.6 is 0 Å². The molecule has 0 aliphatic carbocycles. The summed E-state index contributed by atoms with van der Waals surface area (Å²) in [6.07, 6.45) is 8.28. The maximum Gasteiger partial charge on any atom is 0.308 e. The highest BCUT2D eigenvalue weighted by Crippen LogP contribution is 2.33. The van der Waals surface area contributed by atoms with Gasteiger partial charge in [0.1, 0.15) is 5.75 Å². The SMILES string of the molecule is C#CCN1CC[C@@H](CC[C@H](O)c2ccnc3ccc(OC)cc23)[C@@H](C(=O)O)C1. The van der Waals surface area contributed by atoms with Crippen LogP contribution in [0.4, 0.5) is 0 Å². The minimum atomic E-state index is -0.791. The average molecular weight is 382 g/mol. The van der Waals surface area contributed by atoms with E-state index < -0.39 is 18.0 Å². The molecule has 6 nitrogen and oxygen atoms in total. The van der Waals surface area contributed by atoms with Gasteiger partial charge in [0.05, 0.1) is 31.2 Å². The van der Waals surface area contributed by atoms with Crippen LogP contribution in [0.3, 0.4) is 0 Å². The number of carboxylic acid groups (broad SMARTS) is 1. The Kier molecular flexibility index (Phi) is 6.50.